The molecule has 1 heterocycles. The highest BCUT2D eigenvalue weighted by atomic mass is 16.4. The van der Waals surface area contributed by atoms with Gasteiger partial charge in [-0.05, 0) is 32.4 Å². The lowest BCUT2D eigenvalue weighted by atomic mass is 10.1. The first-order valence-electron chi connectivity index (χ1n) is 6.41. The average molecular weight is 279 g/mol. The van der Waals surface area contributed by atoms with Gasteiger partial charge in [0.15, 0.2) is 5.84 Å². The van der Waals surface area contributed by atoms with Crippen LogP contribution < -0.4 is 16.4 Å². The highest BCUT2D eigenvalue weighted by Gasteiger charge is 2.14. The predicted molar refractivity (Wildman–Crippen MR) is 76.3 cm³/mol. The molecule has 7 nitrogen and oxygen atoms in total. The lowest BCUT2D eigenvalue weighted by Gasteiger charge is -2.16. The van der Waals surface area contributed by atoms with Gasteiger partial charge in [0, 0.05) is 18.8 Å². The van der Waals surface area contributed by atoms with Crippen molar-refractivity contribution in [3.8, 4) is 0 Å². The summed E-state index contributed by atoms with van der Waals surface area (Å²) < 4.78 is 0. The molecule has 1 rings (SSSR count). The van der Waals surface area contributed by atoms with E-state index in [1.54, 1.807) is 25.3 Å². The maximum atomic E-state index is 11.8. The Balaban J connectivity index is 2.68. The molecule has 20 heavy (non-hydrogen) atoms. The van der Waals surface area contributed by atoms with E-state index in [9.17, 15) is 4.79 Å². The van der Waals surface area contributed by atoms with E-state index in [-0.39, 0.29) is 23.8 Å². The van der Waals surface area contributed by atoms with Crippen molar-refractivity contribution in [1.82, 2.24) is 15.6 Å². The number of amidine groups is 1. The van der Waals surface area contributed by atoms with Gasteiger partial charge in [0.1, 0.15) is 5.69 Å². The molecular formula is C13H21N5O2. The van der Waals surface area contributed by atoms with Crippen LogP contribution in [0, 0.1) is 0 Å². The molecule has 1 atom stereocenters. The molecule has 1 unspecified atom stereocenters. The second kappa shape index (κ2) is 7.44. The summed E-state index contributed by atoms with van der Waals surface area (Å²) in [6, 6.07) is 3.31. The van der Waals surface area contributed by atoms with E-state index in [0.717, 1.165) is 5.56 Å². The molecule has 0 aromatic carbocycles. The van der Waals surface area contributed by atoms with Crippen molar-refractivity contribution in [2.75, 3.05) is 0 Å². The number of aromatic nitrogens is 1. The van der Waals surface area contributed by atoms with Crippen molar-refractivity contribution in [3.63, 3.8) is 0 Å². The molecule has 0 fully saturated rings. The van der Waals surface area contributed by atoms with E-state index >= 15 is 0 Å². The van der Waals surface area contributed by atoms with E-state index in [4.69, 9.17) is 10.9 Å². The Hall–Kier alpha value is -2.15. The number of amides is 1. The Bertz CT molecular complexity index is 487. The Morgan fingerprint density at radius 2 is 2.20 bits per heavy atom. The Labute approximate surface area is 118 Å². The Morgan fingerprint density at radius 1 is 1.50 bits per heavy atom. The van der Waals surface area contributed by atoms with Gasteiger partial charge < -0.3 is 21.6 Å². The standard InChI is InChI=1S/C13H21N5O2/c1-8(2)17-13(19)9(3)16-7-10-5-4-6-15-11(10)12(14)18-20/h4-6,8-9,16,20H,7H2,1-3H3,(H2,14,18)(H,17,19). The first-order chi connectivity index (χ1) is 9.45. The number of pyridine rings is 1. The van der Waals surface area contributed by atoms with Gasteiger partial charge in [-0.1, -0.05) is 11.2 Å². The second-order valence-electron chi connectivity index (χ2n) is 4.76. The predicted octanol–water partition coefficient (Wildman–Crippen LogP) is 0.179. The highest BCUT2D eigenvalue weighted by Crippen LogP contribution is 2.05. The number of hydrogen-bond donors (Lipinski definition) is 4. The van der Waals surface area contributed by atoms with Crippen molar-refractivity contribution in [2.24, 2.45) is 10.9 Å². The number of hydrogen-bond acceptors (Lipinski definition) is 5. The third kappa shape index (κ3) is 4.51. The SMILES string of the molecule is CC(C)NC(=O)C(C)NCc1cccnc1/C(N)=N/O. The summed E-state index contributed by atoms with van der Waals surface area (Å²) in [6.45, 7) is 5.98. The molecule has 1 aromatic heterocycles. The monoisotopic (exact) mass is 279 g/mol. The first kappa shape index (κ1) is 15.9. The number of nitrogens with two attached hydrogens (primary N) is 1. The molecule has 0 spiro atoms. The van der Waals surface area contributed by atoms with Gasteiger partial charge in [0.25, 0.3) is 0 Å². The van der Waals surface area contributed by atoms with Crippen LogP contribution in [-0.2, 0) is 11.3 Å². The van der Waals surface area contributed by atoms with Gasteiger partial charge in [0.05, 0.1) is 6.04 Å². The van der Waals surface area contributed by atoms with E-state index in [1.165, 1.54) is 0 Å². The molecule has 5 N–H and O–H groups in total. The number of carbonyl (C=O) groups excluding carboxylic acids is 1. The summed E-state index contributed by atoms with van der Waals surface area (Å²) in [7, 11) is 0. The van der Waals surface area contributed by atoms with E-state index in [0.29, 0.717) is 12.2 Å². The molecular weight excluding hydrogens is 258 g/mol. The van der Waals surface area contributed by atoms with E-state index in [1.807, 2.05) is 13.8 Å². The molecule has 1 aromatic rings. The molecule has 0 aliphatic heterocycles. The summed E-state index contributed by atoms with van der Waals surface area (Å²) in [6.07, 6.45) is 1.56. The summed E-state index contributed by atoms with van der Waals surface area (Å²) in [5.74, 6) is -0.129. The zero-order chi connectivity index (χ0) is 15.1. The van der Waals surface area contributed by atoms with Crippen LogP contribution in [0.15, 0.2) is 23.5 Å². The number of nitrogens with one attached hydrogen (secondary N) is 2. The van der Waals surface area contributed by atoms with Crippen LogP contribution >= 0.6 is 0 Å². The van der Waals surface area contributed by atoms with Gasteiger partial charge in [-0.3, -0.25) is 9.78 Å². The summed E-state index contributed by atoms with van der Waals surface area (Å²) >= 11 is 0. The number of carbonyl (C=O) groups is 1. The van der Waals surface area contributed by atoms with Crippen LogP contribution in [0.1, 0.15) is 32.0 Å². The molecule has 0 aliphatic carbocycles. The normalized spacial score (nSPS) is 13.3. The smallest absolute Gasteiger partial charge is 0.237 e. The molecule has 110 valence electrons. The second-order valence-corrected chi connectivity index (χ2v) is 4.76. The quantitative estimate of drug-likeness (QED) is 0.257. The van der Waals surface area contributed by atoms with Crippen molar-refractivity contribution < 1.29 is 10.0 Å². The van der Waals surface area contributed by atoms with Gasteiger partial charge in [0.2, 0.25) is 5.91 Å². The summed E-state index contributed by atoms with van der Waals surface area (Å²) in [4.78, 5) is 15.8. The molecule has 0 radical (unpaired) electrons. The fourth-order valence-corrected chi connectivity index (χ4v) is 1.62. The number of oxime groups is 1. The van der Waals surface area contributed by atoms with Crippen molar-refractivity contribution in [3.05, 3.63) is 29.6 Å². The van der Waals surface area contributed by atoms with Gasteiger partial charge in [-0.2, -0.15) is 0 Å². The molecule has 0 saturated heterocycles. The topological polar surface area (TPSA) is 113 Å². The first-order valence-corrected chi connectivity index (χ1v) is 6.41. The number of rotatable bonds is 6. The number of nitrogens with zero attached hydrogens (tertiary/aromatic N) is 2. The van der Waals surface area contributed by atoms with Crippen LogP contribution in [-0.4, -0.2) is 34.0 Å². The fraction of sp³-hybridized carbons (Fsp3) is 0.462. The molecule has 1 amide bonds. The minimum atomic E-state index is -0.349. The molecule has 0 saturated carbocycles. The minimum absolute atomic E-state index is 0.0540. The molecule has 7 heteroatoms. The van der Waals surface area contributed by atoms with Gasteiger partial charge >= 0.3 is 0 Å². The maximum absolute atomic E-state index is 11.8. The highest BCUT2D eigenvalue weighted by molar-refractivity contribution is 5.96. The third-order valence-electron chi connectivity index (χ3n) is 2.66. The summed E-state index contributed by atoms with van der Waals surface area (Å²) in [5.41, 5.74) is 6.72. The van der Waals surface area contributed by atoms with Crippen molar-refractivity contribution >= 4 is 11.7 Å². The maximum Gasteiger partial charge on any atom is 0.237 e. The zero-order valence-electron chi connectivity index (χ0n) is 11.9. The summed E-state index contributed by atoms with van der Waals surface area (Å²) in [5, 5.41) is 17.6. The van der Waals surface area contributed by atoms with Crippen LogP contribution in [0.3, 0.4) is 0 Å². The van der Waals surface area contributed by atoms with E-state index < -0.39 is 0 Å². The Kier molecular flexibility index (Phi) is 5.92. The largest absolute Gasteiger partial charge is 0.409 e. The lowest BCUT2D eigenvalue weighted by Crippen LogP contribution is -2.44. The fourth-order valence-electron chi connectivity index (χ4n) is 1.62. The van der Waals surface area contributed by atoms with Gasteiger partial charge in [-0.25, -0.2) is 0 Å². The van der Waals surface area contributed by atoms with Crippen LogP contribution in [0.4, 0.5) is 0 Å². The van der Waals surface area contributed by atoms with Crippen molar-refractivity contribution in [1.29, 1.82) is 0 Å². The third-order valence-corrected chi connectivity index (χ3v) is 2.66. The Morgan fingerprint density at radius 3 is 2.80 bits per heavy atom. The van der Waals surface area contributed by atoms with Crippen molar-refractivity contribution in [2.45, 2.75) is 39.4 Å². The van der Waals surface area contributed by atoms with Crippen LogP contribution in [0.2, 0.25) is 0 Å². The minimum Gasteiger partial charge on any atom is -0.409 e. The van der Waals surface area contributed by atoms with E-state index in [2.05, 4.69) is 20.8 Å². The lowest BCUT2D eigenvalue weighted by molar-refractivity contribution is -0.123. The zero-order valence-corrected chi connectivity index (χ0v) is 11.9. The molecule has 0 bridgehead atoms. The van der Waals surface area contributed by atoms with Crippen LogP contribution in [0.5, 0.6) is 0 Å². The van der Waals surface area contributed by atoms with Crippen LogP contribution in [0.25, 0.3) is 0 Å². The molecule has 0 aliphatic rings. The van der Waals surface area contributed by atoms with Gasteiger partial charge in [-0.15, -0.1) is 0 Å². The average Bonchev–Trinajstić information content (AvgIpc) is 2.43.